The summed E-state index contributed by atoms with van der Waals surface area (Å²) in [7, 11) is 0. The van der Waals surface area contributed by atoms with Crippen molar-refractivity contribution in [2.75, 3.05) is 39.3 Å². The lowest BCUT2D eigenvalue weighted by atomic mass is 9.81. The predicted molar refractivity (Wildman–Crippen MR) is 142 cm³/mol. The van der Waals surface area contributed by atoms with Gasteiger partial charge in [-0.2, -0.15) is 5.10 Å². The first-order valence-electron chi connectivity index (χ1n) is 13.8. The zero-order valence-corrected chi connectivity index (χ0v) is 21.6. The van der Waals surface area contributed by atoms with Gasteiger partial charge in [0.15, 0.2) is 0 Å². The van der Waals surface area contributed by atoms with E-state index in [0.717, 1.165) is 32.6 Å². The molecule has 1 saturated carbocycles. The number of allylic oxidation sites excluding steroid dienone is 1. The van der Waals surface area contributed by atoms with E-state index in [4.69, 9.17) is 0 Å². The molecule has 7 nitrogen and oxygen atoms in total. The average Bonchev–Trinajstić information content (AvgIpc) is 3.54. The molecule has 4 heterocycles. The summed E-state index contributed by atoms with van der Waals surface area (Å²) < 4.78 is 0. The van der Waals surface area contributed by atoms with Crippen molar-refractivity contribution in [3.05, 3.63) is 53.4 Å². The van der Waals surface area contributed by atoms with Crippen LogP contribution in [0.2, 0.25) is 0 Å². The van der Waals surface area contributed by atoms with Crippen molar-refractivity contribution in [2.24, 2.45) is 11.0 Å². The van der Waals surface area contributed by atoms with Crippen molar-refractivity contribution in [3.8, 4) is 0 Å². The Bertz CT molecular complexity index is 1060. The van der Waals surface area contributed by atoms with Crippen LogP contribution < -0.4 is 0 Å². The predicted octanol–water partition coefficient (Wildman–Crippen LogP) is 3.10. The highest BCUT2D eigenvalue weighted by molar-refractivity contribution is 5.80. The number of carbonyl (C=O) groups excluding carboxylic acids is 1. The number of piperazine rings is 1. The number of hydrogen-bond acceptors (Lipinski definition) is 6. The van der Waals surface area contributed by atoms with E-state index in [9.17, 15) is 9.90 Å². The Balaban J connectivity index is 1.07. The number of benzene rings is 1. The number of rotatable bonds is 5. The molecule has 192 valence electrons. The minimum atomic E-state index is -0.281. The lowest BCUT2D eigenvalue weighted by molar-refractivity contribution is -0.143. The molecule has 1 amide bonds. The first kappa shape index (κ1) is 23.7. The highest BCUT2D eigenvalue weighted by Crippen LogP contribution is 2.37. The molecule has 0 aromatic heterocycles. The van der Waals surface area contributed by atoms with Gasteiger partial charge < -0.3 is 19.8 Å². The highest BCUT2D eigenvalue weighted by Gasteiger charge is 2.38. The standard InChI is InChI=1S/C29H39N5O2/c1-20(2)33-10-8-23(18-33)21-3-5-22(6-4-21)25-17-28-27(7-9-30-34(28)19-25)31-11-13-32(14-12-31)29(36)24-15-26(35)16-24/h3-7,9,19-20,23-24,26,28,35H,8,10-18H2,1-2H3/t23-,24?,26?,28?/m0/s1. The molecule has 7 heteroatoms. The van der Waals surface area contributed by atoms with Crippen LogP contribution in [0.25, 0.3) is 5.57 Å². The van der Waals surface area contributed by atoms with E-state index in [1.807, 2.05) is 11.1 Å². The summed E-state index contributed by atoms with van der Waals surface area (Å²) in [4.78, 5) is 19.7. The molecule has 2 saturated heterocycles. The zero-order valence-electron chi connectivity index (χ0n) is 21.6. The molecule has 5 aliphatic rings. The summed E-state index contributed by atoms with van der Waals surface area (Å²) in [5.74, 6) is 0.895. The first-order valence-corrected chi connectivity index (χ1v) is 13.8. The molecule has 4 aliphatic heterocycles. The van der Waals surface area contributed by atoms with Gasteiger partial charge in [-0.3, -0.25) is 9.80 Å². The maximum absolute atomic E-state index is 12.7. The Morgan fingerprint density at radius 2 is 1.81 bits per heavy atom. The van der Waals surface area contributed by atoms with Crippen molar-refractivity contribution in [1.29, 1.82) is 0 Å². The van der Waals surface area contributed by atoms with Crippen LogP contribution in [0, 0.1) is 5.92 Å². The topological polar surface area (TPSA) is 62.6 Å². The van der Waals surface area contributed by atoms with E-state index in [-0.39, 0.29) is 24.0 Å². The Hall–Kier alpha value is -2.64. The van der Waals surface area contributed by atoms with Gasteiger partial charge in [0.25, 0.3) is 0 Å². The fourth-order valence-electron chi connectivity index (χ4n) is 6.49. The molecule has 0 spiro atoms. The number of amides is 1. The summed E-state index contributed by atoms with van der Waals surface area (Å²) in [6.45, 7) is 10.2. The van der Waals surface area contributed by atoms with E-state index in [2.05, 4.69) is 70.3 Å². The molecule has 1 aliphatic carbocycles. The number of aliphatic hydroxyl groups is 1. The van der Waals surface area contributed by atoms with Gasteiger partial charge in [0.05, 0.1) is 12.1 Å². The molecule has 0 radical (unpaired) electrons. The van der Waals surface area contributed by atoms with E-state index < -0.39 is 0 Å². The van der Waals surface area contributed by atoms with E-state index in [1.165, 1.54) is 41.9 Å². The average molecular weight is 490 g/mol. The van der Waals surface area contributed by atoms with Crippen LogP contribution in [0.1, 0.15) is 56.6 Å². The molecule has 3 fully saturated rings. The zero-order chi connectivity index (χ0) is 24.8. The monoisotopic (exact) mass is 489 g/mol. The Kier molecular flexibility index (Phi) is 6.38. The van der Waals surface area contributed by atoms with Gasteiger partial charge in [0, 0.05) is 69.2 Å². The minimum absolute atomic E-state index is 0.0267. The van der Waals surface area contributed by atoms with Gasteiger partial charge in [-0.15, -0.1) is 0 Å². The van der Waals surface area contributed by atoms with Crippen molar-refractivity contribution in [1.82, 2.24) is 19.7 Å². The SMILES string of the molecule is CC(C)N1CC[C@H](c2ccc(C3=CN4N=CC=C(N5CCN(C(=O)C6CC(O)C6)CC5)C4C3)cc2)C1. The summed E-state index contributed by atoms with van der Waals surface area (Å²) >= 11 is 0. The van der Waals surface area contributed by atoms with Crippen LogP contribution in [-0.2, 0) is 4.79 Å². The second-order valence-corrected chi connectivity index (χ2v) is 11.4. The Morgan fingerprint density at radius 1 is 1.06 bits per heavy atom. The number of nitrogens with zero attached hydrogens (tertiary/aromatic N) is 5. The smallest absolute Gasteiger partial charge is 0.226 e. The third-order valence-electron chi connectivity index (χ3n) is 8.93. The van der Waals surface area contributed by atoms with Crippen molar-refractivity contribution < 1.29 is 9.90 Å². The summed E-state index contributed by atoms with van der Waals surface area (Å²) in [5, 5.41) is 16.3. The third-order valence-corrected chi connectivity index (χ3v) is 8.93. The van der Waals surface area contributed by atoms with Crippen molar-refractivity contribution in [3.63, 3.8) is 0 Å². The molecule has 1 aromatic rings. The number of likely N-dealkylation sites (tertiary alicyclic amines) is 1. The van der Waals surface area contributed by atoms with Crippen LogP contribution in [-0.4, -0.2) is 94.4 Å². The van der Waals surface area contributed by atoms with Crippen LogP contribution in [0.4, 0.5) is 0 Å². The highest BCUT2D eigenvalue weighted by atomic mass is 16.3. The molecule has 0 bridgehead atoms. The Labute approximate surface area is 214 Å². The van der Waals surface area contributed by atoms with Gasteiger partial charge in [0.2, 0.25) is 5.91 Å². The van der Waals surface area contributed by atoms with E-state index in [0.29, 0.717) is 24.8 Å². The largest absolute Gasteiger partial charge is 0.393 e. The lowest BCUT2D eigenvalue weighted by Crippen LogP contribution is -2.53. The number of hydrogen-bond donors (Lipinski definition) is 1. The van der Waals surface area contributed by atoms with Gasteiger partial charge in [-0.1, -0.05) is 24.3 Å². The third kappa shape index (κ3) is 4.48. The molecule has 6 rings (SSSR count). The van der Waals surface area contributed by atoms with Gasteiger partial charge in [-0.05, 0) is 68.3 Å². The van der Waals surface area contributed by atoms with Gasteiger partial charge in [-0.25, -0.2) is 0 Å². The maximum Gasteiger partial charge on any atom is 0.226 e. The van der Waals surface area contributed by atoms with Crippen molar-refractivity contribution >= 4 is 17.7 Å². The van der Waals surface area contributed by atoms with E-state index >= 15 is 0 Å². The fourth-order valence-corrected chi connectivity index (χ4v) is 6.49. The molecular weight excluding hydrogens is 450 g/mol. The molecule has 2 atom stereocenters. The van der Waals surface area contributed by atoms with Crippen LogP contribution in [0.15, 0.2) is 47.3 Å². The summed E-state index contributed by atoms with van der Waals surface area (Å²) in [6.07, 6.45) is 9.45. The van der Waals surface area contributed by atoms with Crippen LogP contribution >= 0.6 is 0 Å². The minimum Gasteiger partial charge on any atom is -0.393 e. The van der Waals surface area contributed by atoms with Gasteiger partial charge in [0.1, 0.15) is 0 Å². The van der Waals surface area contributed by atoms with Crippen molar-refractivity contribution in [2.45, 2.75) is 63.6 Å². The summed E-state index contributed by atoms with van der Waals surface area (Å²) in [6, 6.07) is 10.1. The van der Waals surface area contributed by atoms with E-state index in [1.54, 1.807) is 0 Å². The van der Waals surface area contributed by atoms with Crippen LogP contribution in [0.3, 0.4) is 0 Å². The summed E-state index contributed by atoms with van der Waals surface area (Å²) in [5.41, 5.74) is 5.39. The molecular formula is C29H39N5O2. The van der Waals surface area contributed by atoms with Crippen LogP contribution in [0.5, 0.6) is 0 Å². The number of hydrazone groups is 1. The fraction of sp³-hybridized carbons (Fsp3) is 0.586. The quantitative estimate of drug-likeness (QED) is 0.689. The Morgan fingerprint density at radius 3 is 2.47 bits per heavy atom. The second-order valence-electron chi connectivity index (χ2n) is 11.4. The molecule has 1 N–H and O–H groups in total. The maximum atomic E-state index is 12.7. The number of carbonyl (C=O) groups is 1. The molecule has 1 unspecified atom stereocenters. The van der Waals surface area contributed by atoms with Gasteiger partial charge >= 0.3 is 0 Å². The molecule has 1 aromatic carbocycles. The lowest BCUT2D eigenvalue weighted by Gasteiger charge is -2.43. The normalized spacial score (nSPS) is 30.4. The first-order chi connectivity index (χ1) is 17.5. The molecule has 36 heavy (non-hydrogen) atoms. The number of fused-ring (bicyclic) bond motifs is 1. The number of aliphatic hydroxyl groups excluding tert-OH is 1. The second kappa shape index (κ2) is 9.67.